The van der Waals surface area contributed by atoms with Gasteiger partial charge in [-0.3, -0.25) is 4.98 Å². The molecule has 1 saturated heterocycles. The molecule has 1 fully saturated rings. The number of nitrogens with zero attached hydrogens (tertiary/aromatic N) is 3. The molecule has 0 bridgehead atoms. The van der Waals surface area contributed by atoms with Crippen molar-refractivity contribution in [3.8, 4) is 0 Å². The molecular weight excluding hydrogens is 262 g/mol. The van der Waals surface area contributed by atoms with Crippen LogP contribution in [0.4, 0.5) is 11.4 Å². The third kappa shape index (κ3) is 2.57. The van der Waals surface area contributed by atoms with Gasteiger partial charge in [0, 0.05) is 30.4 Å². The van der Waals surface area contributed by atoms with Gasteiger partial charge in [0.15, 0.2) is 0 Å². The van der Waals surface area contributed by atoms with Crippen LogP contribution in [-0.2, 0) is 4.74 Å². The molecule has 108 valence electrons. The maximum atomic E-state index is 7.29. The Morgan fingerprint density at radius 1 is 1.38 bits per heavy atom. The van der Waals surface area contributed by atoms with E-state index in [1.807, 2.05) is 24.3 Å². The quantitative estimate of drug-likeness (QED) is 0.784. The van der Waals surface area contributed by atoms with Crippen LogP contribution in [0, 0.1) is 6.57 Å². The van der Waals surface area contributed by atoms with E-state index in [9.17, 15) is 0 Å². The standard InChI is InChI=1S/C17H19N3O/c1-4-13-11-20(10-12(2)21-13)16-8-7-15(18-3)17-14(16)6-5-9-19-17/h5-9,12-13H,4,10-11H2,1-2H3/t12-,13+/m1/s1. The normalized spacial score (nSPS) is 22.2. The average molecular weight is 281 g/mol. The Morgan fingerprint density at radius 3 is 3.00 bits per heavy atom. The van der Waals surface area contributed by atoms with Gasteiger partial charge < -0.3 is 9.64 Å². The summed E-state index contributed by atoms with van der Waals surface area (Å²) in [6.45, 7) is 13.3. The Morgan fingerprint density at radius 2 is 2.24 bits per heavy atom. The maximum absolute atomic E-state index is 7.29. The number of hydrogen-bond donors (Lipinski definition) is 0. The molecule has 3 rings (SSSR count). The molecule has 21 heavy (non-hydrogen) atoms. The van der Waals surface area contributed by atoms with Gasteiger partial charge >= 0.3 is 0 Å². The zero-order chi connectivity index (χ0) is 14.8. The number of morpholine rings is 1. The summed E-state index contributed by atoms with van der Waals surface area (Å²) < 4.78 is 5.94. The fourth-order valence-electron chi connectivity index (χ4n) is 2.98. The molecule has 2 atom stereocenters. The van der Waals surface area contributed by atoms with Crippen LogP contribution in [0.3, 0.4) is 0 Å². The van der Waals surface area contributed by atoms with Crippen LogP contribution in [0.25, 0.3) is 15.7 Å². The lowest BCUT2D eigenvalue weighted by atomic mass is 10.1. The summed E-state index contributed by atoms with van der Waals surface area (Å²) in [5, 5.41) is 1.05. The zero-order valence-corrected chi connectivity index (χ0v) is 12.4. The Hall–Kier alpha value is -2.12. The highest BCUT2D eigenvalue weighted by Crippen LogP contribution is 2.34. The molecule has 0 radical (unpaired) electrons. The van der Waals surface area contributed by atoms with Crippen LogP contribution in [0.15, 0.2) is 30.5 Å². The fraction of sp³-hybridized carbons (Fsp3) is 0.412. The van der Waals surface area contributed by atoms with Crippen LogP contribution in [0.2, 0.25) is 0 Å². The molecule has 1 aromatic carbocycles. The van der Waals surface area contributed by atoms with Gasteiger partial charge in [0.2, 0.25) is 5.69 Å². The predicted molar refractivity (Wildman–Crippen MR) is 84.8 cm³/mol. The summed E-state index contributed by atoms with van der Waals surface area (Å²) in [7, 11) is 0. The van der Waals surface area contributed by atoms with Crippen LogP contribution < -0.4 is 4.90 Å². The molecule has 0 aliphatic carbocycles. The molecule has 4 nitrogen and oxygen atoms in total. The number of anilines is 1. The minimum atomic E-state index is 0.218. The topological polar surface area (TPSA) is 29.7 Å². The van der Waals surface area contributed by atoms with Crippen molar-refractivity contribution in [3.05, 3.63) is 41.9 Å². The van der Waals surface area contributed by atoms with Gasteiger partial charge in [-0.25, -0.2) is 4.85 Å². The first kappa shape index (κ1) is 13.8. The second kappa shape index (κ2) is 5.71. The van der Waals surface area contributed by atoms with Crippen LogP contribution >= 0.6 is 0 Å². The van der Waals surface area contributed by atoms with Crippen molar-refractivity contribution in [1.29, 1.82) is 0 Å². The van der Waals surface area contributed by atoms with E-state index < -0.39 is 0 Å². The lowest BCUT2D eigenvalue weighted by molar-refractivity contribution is -0.0171. The van der Waals surface area contributed by atoms with Gasteiger partial charge in [0.1, 0.15) is 0 Å². The van der Waals surface area contributed by atoms with E-state index >= 15 is 0 Å². The van der Waals surface area contributed by atoms with Crippen LogP contribution in [-0.4, -0.2) is 30.3 Å². The first-order chi connectivity index (χ1) is 10.2. The molecule has 1 aromatic heterocycles. The Kier molecular flexibility index (Phi) is 3.76. The first-order valence-corrected chi connectivity index (χ1v) is 7.38. The molecule has 1 aliphatic heterocycles. The Labute approximate surface area is 125 Å². The van der Waals surface area contributed by atoms with Gasteiger partial charge in [-0.1, -0.05) is 19.1 Å². The van der Waals surface area contributed by atoms with Gasteiger partial charge in [-0.15, -0.1) is 0 Å². The molecule has 0 spiro atoms. The molecule has 0 saturated carbocycles. The summed E-state index contributed by atoms with van der Waals surface area (Å²) in [5.74, 6) is 0. The van der Waals surface area contributed by atoms with Crippen molar-refractivity contribution in [1.82, 2.24) is 4.98 Å². The average Bonchev–Trinajstić information content (AvgIpc) is 2.53. The summed E-state index contributed by atoms with van der Waals surface area (Å²) in [5.41, 5.74) is 2.55. The van der Waals surface area contributed by atoms with Crippen molar-refractivity contribution < 1.29 is 4.74 Å². The third-order valence-electron chi connectivity index (χ3n) is 3.97. The highest BCUT2D eigenvalue weighted by Gasteiger charge is 2.25. The minimum Gasteiger partial charge on any atom is -0.372 e. The van der Waals surface area contributed by atoms with E-state index in [0.29, 0.717) is 5.69 Å². The highest BCUT2D eigenvalue weighted by molar-refractivity contribution is 5.99. The van der Waals surface area contributed by atoms with Crippen molar-refractivity contribution in [2.75, 3.05) is 18.0 Å². The highest BCUT2D eigenvalue weighted by atomic mass is 16.5. The smallest absolute Gasteiger partial charge is 0.213 e. The number of benzene rings is 1. The molecule has 2 aromatic rings. The van der Waals surface area contributed by atoms with Gasteiger partial charge in [0.25, 0.3) is 0 Å². The second-order valence-electron chi connectivity index (χ2n) is 5.50. The number of rotatable bonds is 2. The summed E-state index contributed by atoms with van der Waals surface area (Å²) in [6, 6.07) is 7.90. The van der Waals surface area contributed by atoms with Crippen LogP contribution in [0.5, 0.6) is 0 Å². The second-order valence-corrected chi connectivity index (χ2v) is 5.50. The largest absolute Gasteiger partial charge is 0.372 e. The van der Waals surface area contributed by atoms with E-state index in [2.05, 4.69) is 28.6 Å². The number of fused-ring (bicyclic) bond motifs is 1. The van der Waals surface area contributed by atoms with E-state index in [0.717, 1.165) is 36.1 Å². The molecule has 1 aliphatic rings. The maximum Gasteiger partial charge on any atom is 0.213 e. The summed E-state index contributed by atoms with van der Waals surface area (Å²) in [6.07, 6.45) is 3.24. The van der Waals surface area contributed by atoms with E-state index in [1.54, 1.807) is 6.20 Å². The molecule has 4 heteroatoms. The third-order valence-corrected chi connectivity index (χ3v) is 3.97. The van der Waals surface area contributed by atoms with Crippen molar-refractivity contribution in [2.24, 2.45) is 0 Å². The van der Waals surface area contributed by atoms with Crippen molar-refractivity contribution >= 4 is 22.3 Å². The Bertz CT molecular complexity index is 692. The lowest BCUT2D eigenvalue weighted by Gasteiger charge is -2.38. The van der Waals surface area contributed by atoms with Gasteiger partial charge in [-0.05, 0) is 25.5 Å². The molecule has 0 amide bonds. The number of ether oxygens (including phenoxy) is 1. The predicted octanol–water partition coefficient (Wildman–Crippen LogP) is 3.79. The van der Waals surface area contributed by atoms with Gasteiger partial charge in [-0.2, -0.15) is 0 Å². The number of aromatic nitrogens is 1. The summed E-state index contributed by atoms with van der Waals surface area (Å²) in [4.78, 5) is 10.3. The summed E-state index contributed by atoms with van der Waals surface area (Å²) >= 11 is 0. The van der Waals surface area contributed by atoms with E-state index in [4.69, 9.17) is 11.3 Å². The number of pyridine rings is 1. The molecule has 0 N–H and O–H groups in total. The minimum absolute atomic E-state index is 0.218. The SMILES string of the molecule is [C-]#[N+]c1ccc(N2C[C@H](CC)O[C@H](C)C2)c2cccnc12. The van der Waals surface area contributed by atoms with Gasteiger partial charge in [0.05, 0.1) is 24.3 Å². The van der Waals surface area contributed by atoms with Crippen LogP contribution in [0.1, 0.15) is 20.3 Å². The first-order valence-electron chi connectivity index (χ1n) is 7.38. The molecule has 2 heterocycles. The van der Waals surface area contributed by atoms with E-state index in [-0.39, 0.29) is 12.2 Å². The fourth-order valence-corrected chi connectivity index (χ4v) is 2.98. The number of hydrogen-bond acceptors (Lipinski definition) is 3. The zero-order valence-electron chi connectivity index (χ0n) is 12.4. The van der Waals surface area contributed by atoms with Crippen molar-refractivity contribution in [2.45, 2.75) is 32.5 Å². The lowest BCUT2D eigenvalue weighted by Crippen LogP contribution is -2.46. The molecule has 0 unspecified atom stereocenters. The van der Waals surface area contributed by atoms with E-state index in [1.165, 1.54) is 0 Å². The molecular formula is C17H19N3O. The Balaban J connectivity index is 2.07. The van der Waals surface area contributed by atoms with Crippen molar-refractivity contribution in [3.63, 3.8) is 0 Å². The monoisotopic (exact) mass is 281 g/mol.